The van der Waals surface area contributed by atoms with Crippen LogP contribution in [0.5, 0.6) is 5.75 Å². The molecule has 2 rings (SSSR count). The average molecular weight is 282 g/mol. The maximum absolute atomic E-state index is 5.68. The van der Waals surface area contributed by atoms with Crippen LogP contribution in [-0.2, 0) is 12.8 Å². The summed E-state index contributed by atoms with van der Waals surface area (Å²) >= 11 is 5.68. The lowest BCUT2D eigenvalue weighted by Crippen LogP contribution is -2.22. The second kappa shape index (κ2) is 7.76. The van der Waals surface area contributed by atoms with E-state index in [1.54, 1.807) is 0 Å². The van der Waals surface area contributed by atoms with E-state index in [0.29, 0.717) is 0 Å². The first-order valence-electron chi connectivity index (χ1n) is 7.28. The lowest BCUT2D eigenvalue weighted by molar-refractivity contribution is 0.329. The Balaban J connectivity index is 1.70. The third-order valence-electron chi connectivity index (χ3n) is 3.71. The number of hydrogen-bond acceptors (Lipinski definition) is 2. The number of ether oxygens (including phenoxy) is 1. The van der Waals surface area contributed by atoms with Gasteiger partial charge in [-0.1, -0.05) is 18.6 Å². The molecule has 1 aliphatic rings. The Labute approximate surface area is 121 Å². The van der Waals surface area contributed by atoms with Gasteiger partial charge in [0.1, 0.15) is 5.75 Å². The van der Waals surface area contributed by atoms with Crippen LogP contribution in [0, 0.1) is 0 Å². The van der Waals surface area contributed by atoms with E-state index >= 15 is 0 Å². The Morgan fingerprint density at radius 1 is 1.21 bits per heavy atom. The van der Waals surface area contributed by atoms with Crippen molar-refractivity contribution in [3.63, 3.8) is 0 Å². The summed E-state index contributed by atoms with van der Waals surface area (Å²) in [6.07, 6.45) is 5.82. The summed E-state index contributed by atoms with van der Waals surface area (Å²) in [4.78, 5) is 2.41. The van der Waals surface area contributed by atoms with Gasteiger partial charge in [0.25, 0.3) is 0 Å². The van der Waals surface area contributed by atoms with Crippen molar-refractivity contribution in [1.29, 1.82) is 0 Å². The van der Waals surface area contributed by atoms with E-state index in [1.807, 2.05) is 0 Å². The normalized spacial score (nSPS) is 13.6. The highest BCUT2D eigenvalue weighted by Gasteiger charge is 2.11. The van der Waals surface area contributed by atoms with Crippen LogP contribution in [0.1, 0.15) is 30.4 Å². The molecule has 19 heavy (non-hydrogen) atoms. The standard InChI is InChI=1S/C16H24ClNO/c1-18(10-4-2-3-9-17)11-7-14-5-6-16-15(13-14)8-12-19-16/h5-6,13H,2-4,7-12H2,1H3. The van der Waals surface area contributed by atoms with Crippen molar-refractivity contribution in [3.05, 3.63) is 29.3 Å². The minimum atomic E-state index is 0.793. The number of benzene rings is 1. The number of likely N-dealkylation sites (N-methyl/N-ethyl adjacent to an activating group) is 1. The van der Waals surface area contributed by atoms with Crippen molar-refractivity contribution < 1.29 is 4.74 Å². The fraction of sp³-hybridized carbons (Fsp3) is 0.625. The van der Waals surface area contributed by atoms with Crippen LogP contribution < -0.4 is 4.74 Å². The molecule has 0 saturated heterocycles. The first kappa shape index (κ1) is 14.7. The lowest BCUT2D eigenvalue weighted by Gasteiger charge is -2.16. The number of fused-ring (bicyclic) bond motifs is 1. The molecule has 0 unspecified atom stereocenters. The van der Waals surface area contributed by atoms with Crippen molar-refractivity contribution >= 4 is 11.6 Å². The van der Waals surface area contributed by atoms with Gasteiger partial charge in [-0.05, 0) is 50.0 Å². The Kier molecular flexibility index (Phi) is 5.99. The molecule has 0 bridgehead atoms. The van der Waals surface area contributed by atoms with Crippen LogP contribution in [-0.4, -0.2) is 37.5 Å². The monoisotopic (exact) mass is 281 g/mol. The van der Waals surface area contributed by atoms with E-state index in [0.717, 1.165) is 44.0 Å². The zero-order chi connectivity index (χ0) is 13.5. The third kappa shape index (κ3) is 4.70. The van der Waals surface area contributed by atoms with Gasteiger partial charge in [-0.3, -0.25) is 0 Å². The van der Waals surface area contributed by atoms with Gasteiger partial charge in [0, 0.05) is 18.8 Å². The molecular weight excluding hydrogens is 258 g/mol. The summed E-state index contributed by atoms with van der Waals surface area (Å²) in [6.45, 7) is 3.14. The number of unbranched alkanes of at least 4 members (excludes halogenated alkanes) is 2. The molecule has 0 atom stereocenters. The molecule has 1 aliphatic heterocycles. The van der Waals surface area contributed by atoms with E-state index in [9.17, 15) is 0 Å². The molecule has 0 radical (unpaired) electrons. The molecule has 1 heterocycles. The number of hydrogen-bond donors (Lipinski definition) is 0. The molecule has 0 aromatic heterocycles. The minimum Gasteiger partial charge on any atom is -0.493 e. The van der Waals surface area contributed by atoms with E-state index in [1.165, 1.54) is 30.5 Å². The van der Waals surface area contributed by atoms with Crippen LogP contribution >= 0.6 is 11.6 Å². The SMILES string of the molecule is CN(CCCCCCl)CCc1ccc2c(c1)CCO2. The molecule has 3 heteroatoms. The molecule has 0 saturated carbocycles. The van der Waals surface area contributed by atoms with E-state index < -0.39 is 0 Å². The van der Waals surface area contributed by atoms with Crippen molar-refractivity contribution in [2.45, 2.75) is 32.1 Å². The Morgan fingerprint density at radius 2 is 2.11 bits per heavy atom. The van der Waals surface area contributed by atoms with Gasteiger partial charge in [0.05, 0.1) is 6.61 Å². The van der Waals surface area contributed by atoms with Crippen molar-refractivity contribution in [3.8, 4) is 5.75 Å². The smallest absolute Gasteiger partial charge is 0.122 e. The zero-order valence-corrected chi connectivity index (χ0v) is 12.6. The predicted octanol–water partition coefficient (Wildman–Crippen LogP) is 3.50. The molecule has 1 aromatic carbocycles. The van der Waals surface area contributed by atoms with E-state index in [4.69, 9.17) is 16.3 Å². The van der Waals surface area contributed by atoms with E-state index in [2.05, 4.69) is 30.1 Å². The first-order valence-corrected chi connectivity index (χ1v) is 7.82. The summed E-state index contributed by atoms with van der Waals surface area (Å²) in [5.74, 6) is 1.87. The second-order valence-electron chi connectivity index (χ2n) is 5.34. The van der Waals surface area contributed by atoms with Crippen molar-refractivity contribution in [2.75, 3.05) is 32.6 Å². The Morgan fingerprint density at radius 3 is 2.95 bits per heavy atom. The largest absolute Gasteiger partial charge is 0.493 e. The van der Waals surface area contributed by atoms with Crippen molar-refractivity contribution in [2.24, 2.45) is 0 Å². The molecule has 2 nitrogen and oxygen atoms in total. The number of halogens is 1. The Bertz CT molecular complexity index is 394. The van der Waals surface area contributed by atoms with Crippen LogP contribution in [0.3, 0.4) is 0 Å². The van der Waals surface area contributed by atoms with Crippen LogP contribution in [0.25, 0.3) is 0 Å². The predicted molar refractivity (Wildman–Crippen MR) is 81.4 cm³/mol. The molecule has 106 valence electrons. The minimum absolute atomic E-state index is 0.793. The quantitative estimate of drug-likeness (QED) is 0.534. The van der Waals surface area contributed by atoms with Gasteiger partial charge in [-0.15, -0.1) is 11.6 Å². The van der Waals surface area contributed by atoms with Gasteiger partial charge >= 0.3 is 0 Å². The number of nitrogens with zero attached hydrogens (tertiary/aromatic N) is 1. The average Bonchev–Trinajstić information content (AvgIpc) is 2.89. The maximum atomic E-state index is 5.68. The summed E-state index contributed by atoms with van der Waals surface area (Å²) in [6, 6.07) is 6.63. The molecule has 0 aliphatic carbocycles. The van der Waals surface area contributed by atoms with Gasteiger partial charge in [-0.25, -0.2) is 0 Å². The van der Waals surface area contributed by atoms with Gasteiger partial charge in [-0.2, -0.15) is 0 Å². The van der Waals surface area contributed by atoms with Crippen LogP contribution in [0.2, 0.25) is 0 Å². The lowest BCUT2D eigenvalue weighted by atomic mass is 10.1. The highest BCUT2D eigenvalue weighted by molar-refractivity contribution is 6.17. The number of alkyl halides is 1. The van der Waals surface area contributed by atoms with Crippen LogP contribution in [0.15, 0.2) is 18.2 Å². The maximum Gasteiger partial charge on any atom is 0.122 e. The molecule has 0 N–H and O–H groups in total. The Hall–Kier alpha value is -0.730. The summed E-state index contributed by atoms with van der Waals surface area (Å²) in [5, 5.41) is 0. The molecule has 1 aromatic rings. The molecule has 0 fully saturated rings. The van der Waals surface area contributed by atoms with Gasteiger partial charge < -0.3 is 9.64 Å². The fourth-order valence-corrected chi connectivity index (χ4v) is 2.67. The zero-order valence-electron chi connectivity index (χ0n) is 11.8. The fourth-order valence-electron chi connectivity index (χ4n) is 2.48. The summed E-state index contributed by atoms with van der Waals surface area (Å²) < 4.78 is 5.53. The third-order valence-corrected chi connectivity index (χ3v) is 3.98. The van der Waals surface area contributed by atoms with Gasteiger partial charge in [0.15, 0.2) is 0 Å². The second-order valence-corrected chi connectivity index (χ2v) is 5.72. The summed E-state index contributed by atoms with van der Waals surface area (Å²) in [5.41, 5.74) is 2.80. The van der Waals surface area contributed by atoms with Crippen molar-refractivity contribution in [1.82, 2.24) is 4.90 Å². The summed E-state index contributed by atoms with van der Waals surface area (Å²) in [7, 11) is 2.21. The van der Waals surface area contributed by atoms with E-state index in [-0.39, 0.29) is 0 Å². The van der Waals surface area contributed by atoms with Gasteiger partial charge in [0.2, 0.25) is 0 Å². The highest BCUT2D eigenvalue weighted by atomic mass is 35.5. The highest BCUT2D eigenvalue weighted by Crippen LogP contribution is 2.25. The topological polar surface area (TPSA) is 12.5 Å². The molecule has 0 spiro atoms. The molecule has 0 amide bonds. The van der Waals surface area contributed by atoms with Crippen LogP contribution in [0.4, 0.5) is 0 Å². The first-order chi connectivity index (χ1) is 9.29. The number of rotatable bonds is 8. The molecular formula is C16H24ClNO.